The molecule has 1 aliphatic heterocycles. The van der Waals surface area contributed by atoms with Gasteiger partial charge in [-0.3, -0.25) is 4.79 Å². The zero-order valence-corrected chi connectivity index (χ0v) is 12.9. The highest BCUT2D eigenvalue weighted by atomic mass is 35.5. The number of halogens is 1. The molecule has 20 heavy (non-hydrogen) atoms. The molecule has 1 amide bonds. The van der Waals surface area contributed by atoms with E-state index in [0.717, 1.165) is 36.7 Å². The lowest BCUT2D eigenvalue weighted by atomic mass is 9.97. The summed E-state index contributed by atoms with van der Waals surface area (Å²) in [5.74, 6) is 1.75. The minimum atomic E-state index is 0.0943. The first-order valence-corrected chi connectivity index (χ1v) is 7.61. The number of nitrogens with zero attached hydrogens (tertiary/aromatic N) is 1. The lowest BCUT2D eigenvalue weighted by Gasteiger charge is -2.33. The first-order chi connectivity index (χ1) is 9.56. The summed E-state index contributed by atoms with van der Waals surface area (Å²) in [5, 5.41) is 0.720. The SMILES string of the molecule is CC(C)C(=O)N1CCC(COc2ccc(Cl)cc2)CC1. The number of carbonyl (C=O) groups is 1. The van der Waals surface area contributed by atoms with E-state index in [-0.39, 0.29) is 11.8 Å². The minimum absolute atomic E-state index is 0.0943. The van der Waals surface area contributed by atoms with E-state index in [1.807, 2.05) is 43.0 Å². The van der Waals surface area contributed by atoms with Crippen molar-refractivity contribution in [2.45, 2.75) is 26.7 Å². The van der Waals surface area contributed by atoms with Gasteiger partial charge >= 0.3 is 0 Å². The summed E-state index contributed by atoms with van der Waals surface area (Å²) in [6.45, 7) is 6.33. The van der Waals surface area contributed by atoms with Crippen LogP contribution in [0.1, 0.15) is 26.7 Å². The molecule has 1 aromatic carbocycles. The van der Waals surface area contributed by atoms with E-state index < -0.39 is 0 Å². The van der Waals surface area contributed by atoms with Gasteiger partial charge in [-0.2, -0.15) is 0 Å². The minimum Gasteiger partial charge on any atom is -0.493 e. The van der Waals surface area contributed by atoms with Crippen LogP contribution in [0.2, 0.25) is 5.02 Å². The number of piperidine rings is 1. The van der Waals surface area contributed by atoms with Crippen LogP contribution in [0.4, 0.5) is 0 Å². The van der Waals surface area contributed by atoms with Crippen LogP contribution in [-0.4, -0.2) is 30.5 Å². The number of ether oxygens (including phenoxy) is 1. The summed E-state index contributed by atoms with van der Waals surface area (Å²) < 4.78 is 5.78. The molecule has 3 nitrogen and oxygen atoms in total. The highest BCUT2D eigenvalue weighted by molar-refractivity contribution is 6.30. The summed E-state index contributed by atoms with van der Waals surface area (Å²) in [6, 6.07) is 7.45. The Bertz CT molecular complexity index is 436. The lowest BCUT2D eigenvalue weighted by molar-refractivity contribution is -0.136. The number of likely N-dealkylation sites (tertiary alicyclic amines) is 1. The Kier molecular flexibility index (Phi) is 5.30. The van der Waals surface area contributed by atoms with Crippen molar-refractivity contribution in [2.75, 3.05) is 19.7 Å². The van der Waals surface area contributed by atoms with Crippen LogP contribution in [0.3, 0.4) is 0 Å². The van der Waals surface area contributed by atoms with Gasteiger partial charge < -0.3 is 9.64 Å². The standard InChI is InChI=1S/C16H22ClNO2/c1-12(2)16(19)18-9-7-13(8-10-18)11-20-15-5-3-14(17)4-6-15/h3-6,12-13H,7-11H2,1-2H3. The maximum atomic E-state index is 11.9. The van der Waals surface area contributed by atoms with Gasteiger partial charge in [0.2, 0.25) is 5.91 Å². The van der Waals surface area contributed by atoms with Crippen molar-refractivity contribution in [1.82, 2.24) is 4.90 Å². The van der Waals surface area contributed by atoms with E-state index in [1.54, 1.807) is 0 Å². The number of hydrogen-bond donors (Lipinski definition) is 0. The summed E-state index contributed by atoms with van der Waals surface area (Å²) in [5.41, 5.74) is 0. The number of hydrogen-bond acceptors (Lipinski definition) is 2. The van der Waals surface area contributed by atoms with Crippen molar-refractivity contribution in [3.8, 4) is 5.75 Å². The second kappa shape index (κ2) is 6.98. The van der Waals surface area contributed by atoms with Crippen LogP contribution in [0.5, 0.6) is 5.75 Å². The van der Waals surface area contributed by atoms with Gasteiger partial charge in [0.05, 0.1) is 6.61 Å². The molecule has 1 fully saturated rings. The maximum absolute atomic E-state index is 11.9. The van der Waals surface area contributed by atoms with E-state index in [0.29, 0.717) is 12.5 Å². The fourth-order valence-corrected chi connectivity index (χ4v) is 2.56. The summed E-state index contributed by atoms with van der Waals surface area (Å²) >= 11 is 5.84. The van der Waals surface area contributed by atoms with Crippen molar-refractivity contribution in [3.63, 3.8) is 0 Å². The van der Waals surface area contributed by atoms with Crippen LogP contribution in [0.25, 0.3) is 0 Å². The van der Waals surface area contributed by atoms with Gasteiger partial charge in [0.15, 0.2) is 0 Å². The molecule has 0 aromatic heterocycles. The average Bonchev–Trinajstić information content (AvgIpc) is 2.46. The molecule has 4 heteroatoms. The highest BCUT2D eigenvalue weighted by Gasteiger charge is 2.24. The summed E-state index contributed by atoms with van der Waals surface area (Å²) in [6.07, 6.45) is 2.04. The van der Waals surface area contributed by atoms with E-state index in [9.17, 15) is 4.79 Å². The normalized spacial score (nSPS) is 16.5. The van der Waals surface area contributed by atoms with Gasteiger partial charge in [-0.15, -0.1) is 0 Å². The molecule has 0 bridgehead atoms. The molecule has 0 saturated carbocycles. The van der Waals surface area contributed by atoms with Crippen LogP contribution >= 0.6 is 11.6 Å². The highest BCUT2D eigenvalue weighted by Crippen LogP contribution is 2.21. The van der Waals surface area contributed by atoms with Crippen molar-refractivity contribution < 1.29 is 9.53 Å². The maximum Gasteiger partial charge on any atom is 0.225 e. The van der Waals surface area contributed by atoms with Gasteiger partial charge in [-0.05, 0) is 43.0 Å². The van der Waals surface area contributed by atoms with Gasteiger partial charge in [-0.1, -0.05) is 25.4 Å². The molecule has 1 aromatic rings. The second-order valence-electron chi connectivity index (χ2n) is 5.69. The average molecular weight is 296 g/mol. The van der Waals surface area contributed by atoms with E-state index in [2.05, 4.69) is 0 Å². The van der Waals surface area contributed by atoms with Gasteiger partial charge in [0, 0.05) is 24.0 Å². The molecule has 1 heterocycles. The Hall–Kier alpha value is -1.22. The van der Waals surface area contributed by atoms with Gasteiger partial charge in [-0.25, -0.2) is 0 Å². The third kappa shape index (κ3) is 4.14. The first kappa shape index (κ1) is 15.2. The fourth-order valence-electron chi connectivity index (χ4n) is 2.43. The van der Waals surface area contributed by atoms with Crippen LogP contribution < -0.4 is 4.74 Å². The zero-order valence-electron chi connectivity index (χ0n) is 12.1. The second-order valence-corrected chi connectivity index (χ2v) is 6.12. The largest absolute Gasteiger partial charge is 0.493 e. The number of benzene rings is 1. The Labute approximate surface area is 125 Å². The third-order valence-corrected chi connectivity index (χ3v) is 3.97. The van der Waals surface area contributed by atoms with Crippen molar-refractivity contribution in [2.24, 2.45) is 11.8 Å². The molecule has 0 spiro atoms. The molecular formula is C16H22ClNO2. The predicted octanol–water partition coefficient (Wildman–Crippen LogP) is 3.61. The molecule has 2 rings (SSSR count). The number of amides is 1. The number of rotatable bonds is 4. The van der Waals surface area contributed by atoms with Crippen molar-refractivity contribution in [3.05, 3.63) is 29.3 Å². The Morgan fingerprint density at radius 3 is 2.45 bits per heavy atom. The quantitative estimate of drug-likeness (QED) is 0.849. The number of carbonyl (C=O) groups excluding carboxylic acids is 1. The Morgan fingerprint density at radius 1 is 1.30 bits per heavy atom. The van der Waals surface area contributed by atoms with Crippen LogP contribution in [0.15, 0.2) is 24.3 Å². The monoisotopic (exact) mass is 295 g/mol. The van der Waals surface area contributed by atoms with Crippen LogP contribution in [0, 0.1) is 11.8 Å². The molecule has 0 radical (unpaired) electrons. The van der Waals surface area contributed by atoms with E-state index in [4.69, 9.17) is 16.3 Å². The van der Waals surface area contributed by atoms with Gasteiger partial charge in [0.1, 0.15) is 5.75 Å². The smallest absolute Gasteiger partial charge is 0.225 e. The summed E-state index contributed by atoms with van der Waals surface area (Å²) in [7, 11) is 0. The topological polar surface area (TPSA) is 29.5 Å². The lowest BCUT2D eigenvalue weighted by Crippen LogP contribution is -2.41. The summed E-state index contributed by atoms with van der Waals surface area (Å²) in [4.78, 5) is 13.9. The van der Waals surface area contributed by atoms with Crippen molar-refractivity contribution >= 4 is 17.5 Å². The molecule has 1 saturated heterocycles. The molecule has 1 aliphatic rings. The molecule has 110 valence electrons. The van der Waals surface area contributed by atoms with E-state index >= 15 is 0 Å². The third-order valence-electron chi connectivity index (χ3n) is 3.72. The van der Waals surface area contributed by atoms with Gasteiger partial charge in [0.25, 0.3) is 0 Å². The molecule has 0 unspecified atom stereocenters. The first-order valence-electron chi connectivity index (χ1n) is 7.23. The molecular weight excluding hydrogens is 274 g/mol. The van der Waals surface area contributed by atoms with E-state index in [1.165, 1.54) is 0 Å². The molecule has 0 N–H and O–H groups in total. The Morgan fingerprint density at radius 2 is 1.90 bits per heavy atom. The predicted molar refractivity (Wildman–Crippen MR) is 81.1 cm³/mol. The van der Waals surface area contributed by atoms with Crippen molar-refractivity contribution in [1.29, 1.82) is 0 Å². The molecule has 0 atom stereocenters. The fraction of sp³-hybridized carbons (Fsp3) is 0.562. The Balaban J connectivity index is 1.74. The van der Waals surface area contributed by atoms with Crippen LogP contribution in [-0.2, 0) is 4.79 Å². The zero-order chi connectivity index (χ0) is 14.5. The molecule has 0 aliphatic carbocycles.